The van der Waals surface area contributed by atoms with E-state index in [0.29, 0.717) is 0 Å². The Bertz CT molecular complexity index is 2190. The molecule has 2 aliphatic carbocycles. The zero-order chi connectivity index (χ0) is 29.8. The minimum absolute atomic E-state index is 0.0401. The number of hydrogen-bond donors (Lipinski definition) is 0. The van der Waals surface area contributed by atoms with Gasteiger partial charge in [-0.3, -0.25) is 0 Å². The fraction of sp³-hybridized carbons (Fsp3) is 0.163. The van der Waals surface area contributed by atoms with Crippen LogP contribution in [-0.4, -0.2) is 0 Å². The summed E-state index contributed by atoms with van der Waals surface area (Å²) in [6, 6.07) is 48.5. The quantitative estimate of drug-likeness (QED) is 0.182. The van der Waals surface area contributed by atoms with Crippen molar-refractivity contribution in [3.8, 4) is 22.3 Å². The highest BCUT2D eigenvalue weighted by molar-refractivity contribution is 7.25. The van der Waals surface area contributed by atoms with Crippen LogP contribution in [-0.2, 0) is 10.8 Å². The van der Waals surface area contributed by atoms with Crippen molar-refractivity contribution in [2.75, 3.05) is 0 Å². The van der Waals surface area contributed by atoms with Gasteiger partial charge < -0.3 is 0 Å². The molecule has 6 aromatic carbocycles. The van der Waals surface area contributed by atoms with E-state index in [9.17, 15) is 0 Å². The van der Waals surface area contributed by atoms with Crippen LogP contribution in [0.3, 0.4) is 0 Å². The summed E-state index contributed by atoms with van der Waals surface area (Å²) in [5.74, 6) is 0.118. The van der Waals surface area contributed by atoms with Gasteiger partial charge in [-0.25, -0.2) is 0 Å². The molecule has 0 aliphatic heterocycles. The maximum absolute atomic E-state index is 2.52. The molecule has 0 saturated carbocycles. The molecule has 1 heteroatoms. The molecule has 212 valence electrons. The third kappa shape index (κ3) is 3.51. The van der Waals surface area contributed by atoms with Gasteiger partial charge in [-0.2, -0.15) is 0 Å². The number of rotatable bonds is 3. The van der Waals surface area contributed by atoms with E-state index in [1.54, 1.807) is 0 Å². The maximum atomic E-state index is 2.52. The van der Waals surface area contributed by atoms with Gasteiger partial charge in [0.15, 0.2) is 0 Å². The zero-order valence-electron chi connectivity index (χ0n) is 25.6. The van der Waals surface area contributed by atoms with E-state index in [-0.39, 0.29) is 16.7 Å². The Kier molecular flexibility index (Phi) is 5.34. The minimum atomic E-state index is -0.0401. The molecule has 0 spiro atoms. The molecule has 0 nitrogen and oxygen atoms in total. The lowest BCUT2D eigenvalue weighted by molar-refractivity contribution is 0.657. The van der Waals surface area contributed by atoms with Gasteiger partial charge in [0.2, 0.25) is 0 Å². The largest absolute Gasteiger partial charge is 0.135 e. The highest BCUT2D eigenvalue weighted by atomic mass is 32.1. The molecule has 0 atom stereocenters. The summed E-state index contributed by atoms with van der Waals surface area (Å²) >= 11 is 1.89. The van der Waals surface area contributed by atoms with Crippen molar-refractivity contribution < 1.29 is 0 Å². The van der Waals surface area contributed by atoms with Gasteiger partial charge in [-0.15, -0.1) is 11.3 Å². The SMILES string of the molecule is CC1(C)c2ccccc2-c2ccc(C(c3ccc4c(c3)C(C)(C)c3ccccc3-4)c3ccc4sc5ccccc5c4c3)cc21. The lowest BCUT2D eigenvalue weighted by Crippen LogP contribution is -2.17. The predicted molar refractivity (Wildman–Crippen MR) is 188 cm³/mol. The average molecular weight is 583 g/mol. The summed E-state index contributed by atoms with van der Waals surface area (Å²) in [5, 5.41) is 2.71. The topological polar surface area (TPSA) is 0 Å². The third-order valence-corrected chi connectivity index (χ3v) is 11.8. The van der Waals surface area contributed by atoms with E-state index in [1.807, 2.05) is 11.3 Å². The lowest BCUT2D eigenvalue weighted by Gasteiger charge is -2.26. The molecule has 1 heterocycles. The highest BCUT2D eigenvalue weighted by Gasteiger charge is 2.38. The monoisotopic (exact) mass is 582 g/mol. The molecule has 0 N–H and O–H groups in total. The molecule has 2 aliphatic rings. The molecule has 44 heavy (non-hydrogen) atoms. The van der Waals surface area contributed by atoms with Crippen molar-refractivity contribution in [1.82, 2.24) is 0 Å². The Morgan fingerprint density at radius 2 is 0.864 bits per heavy atom. The Balaban J connectivity index is 1.28. The molecule has 0 fully saturated rings. The fourth-order valence-electron chi connectivity index (χ4n) is 8.30. The van der Waals surface area contributed by atoms with Crippen LogP contribution in [0.4, 0.5) is 0 Å². The molecule has 1 aromatic heterocycles. The van der Waals surface area contributed by atoms with Crippen molar-refractivity contribution in [3.05, 3.63) is 166 Å². The Morgan fingerprint density at radius 3 is 1.48 bits per heavy atom. The zero-order valence-corrected chi connectivity index (χ0v) is 26.4. The second kappa shape index (κ2) is 9.03. The van der Waals surface area contributed by atoms with Crippen molar-refractivity contribution in [2.45, 2.75) is 44.4 Å². The third-order valence-electron chi connectivity index (χ3n) is 10.6. The van der Waals surface area contributed by atoms with Gasteiger partial charge in [-0.1, -0.05) is 137 Å². The number of fused-ring (bicyclic) bond motifs is 9. The van der Waals surface area contributed by atoms with Crippen LogP contribution in [0.25, 0.3) is 42.4 Å². The molecule has 0 saturated heterocycles. The van der Waals surface area contributed by atoms with Crippen LogP contribution in [0.1, 0.15) is 72.6 Å². The molecule has 9 rings (SSSR count). The Morgan fingerprint density at radius 1 is 0.409 bits per heavy atom. The molecule has 0 unspecified atom stereocenters. The van der Waals surface area contributed by atoms with Crippen LogP contribution >= 0.6 is 11.3 Å². The van der Waals surface area contributed by atoms with Gasteiger partial charge in [0.05, 0.1) is 0 Å². The predicted octanol–water partition coefficient (Wildman–Crippen LogP) is 11.8. The number of thiophene rings is 1. The van der Waals surface area contributed by atoms with Crippen LogP contribution in [0, 0.1) is 0 Å². The smallest absolute Gasteiger partial charge is 0.0355 e. The Hall–Kier alpha value is -4.46. The fourth-order valence-corrected chi connectivity index (χ4v) is 9.39. The first-order valence-corrected chi connectivity index (χ1v) is 16.5. The summed E-state index contributed by atoms with van der Waals surface area (Å²) < 4.78 is 2.70. The molecule has 0 bridgehead atoms. The molecule has 7 aromatic rings. The second-order valence-corrected chi connectivity index (χ2v) is 14.8. The summed E-state index contributed by atoms with van der Waals surface area (Å²) in [6.07, 6.45) is 0. The highest BCUT2D eigenvalue weighted by Crippen LogP contribution is 2.52. The van der Waals surface area contributed by atoms with Crippen LogP contribution in [0.15, 0.2) is 127 Å². The Labute approximate surface area is 263 Å². The van der Waals surface area contributed by atoms with E-state index < -0.39 is 0 Å². The summed E-state index contributed by atoms with van der Waals surface area (Å²) in [6.45, 7) is 9.54. The first-order chi connectivity index (χ1) is 21.3. The molecule has 0 amide bonds. The first kappa shape index (κ1) is 26.0. The van der Waals surface area contributed by atoms with E-state index in [4.69, 9.17) is 0 Å². The molecular formula is C43H34S. The van der Waals surface area contributed by atoms with E-state index in [0.717, 1.165) is 0 Å². The molecular weight excluding hydrogens is 549 g/mol. The number of hydrogen-bond acceptors (Lipinski definition) is 1. The summed E-state index contributed by atoms with van der Waals surface area (Å²) in [7, 11) is 0. The van der Waals surface area contributed by atoms with Crippen molar-refractivity contribution >= 4 is 31.5 Å². The summed E-state index contributed by atoms with van der Waals surface area (Å²) in [4.78, 5) is 0. The number of benzene rings is 6. The molecule has 0 radical (unpaired) electrons. The van der Waals surface area contributed by atoms with Gasteiger partial charge in [0.25, 0.3) is 0 Å². The van der Waals surface area contributed by atoms with E-state index in [1.165, 1.54) is 81.4 Å². The van der Waals surface area contributed by atoms with Crippen LogP contribution in [0.5, 0.6) is 0 Å². The normalized spacial score (nSPS) is 15.4. The second-order valence-electron chi connectivity index (χ2n) is 13.7. The average Bonchev–Trinajstić information content (AvgIpc) is 3.61. The van der Waals surface area contributed by atoms with Crippen molar-refractivity contribution in [1.29, 1.82) is 0 Å². The van der Waals surface area contributed by atoms with Gasteiger partial charge in [0.1, 0.15) is 0 Å². The van der Waals surface area contributed by atoms with Crippen molar-refractivity contribution in [2.24, 2.45) is 0 Å². The van der Waals surface area contributed by atoms with Crippen LogP contribution in [0.2, 0.25) is 0 Å². The minimum Gasteiger partial charge on any atom is -0.135 e. The van der Waals surface area contributed by atoms with Crippen molar-refractivity contribution in [3.63, 3.8) is 0 Å². The van der Waals surface area contributed by atoms with E-state index in [2.05, 4.69) is 155 Å². The van der Waals surface area contributed by atoms with E-state index >= 15 is 0 Å². The van der Waals surface area contributed by atoms with Crippen LogP contribution < -0.4 is 0 Å². The lowest BCUT2D eigenvalue weighted by atomic mass is 9.77. The van der Waals surface area contributed by atoms with Gasteiger partial charge in [-0.05, 0) is 79.4 Å². The maximum Gasteiger partial charge on any atom is 0.0355 e. The first-order valence-electron chi connectivity index (χ1n) is 15.7. The standard InChI is InChI=1S/C43H34S/c1-42(2)35-14-8-5-11-29(35)31-20-17-27(24-37(31)42)41(26-19-22-40-34(23-26)33-13-7-10-16-39(33)44-40)28-18-21-32-30-12-6-9-15-36(30)43(3,4)38(32)25-28/h5-25,41H,1-4H3. The van der Waals surface area contributed by atoms with Gasteiger partial charge >= 0.3 is 0 Å². The van der Waals surface area contributed by atoms with Gasteiger partial charge in [0, 0.05) is 36.9 Å². The summed E-state index contributed by atoms with van der Waals surface area (Å²) in [5.41, 5.74) is 15.2.